The minimum absolute atomic E-state index is 0.0669. The molecule has 0 radical (unpaired) electrons. The van der Waals surface area contributed by atoms with Gasteiger partial charge in [0.15, 0.2) is 0 Å². The van der Waals surface area contributed by atoms with Crippen LogP contribution in [0.2, 0.25) is 0 Å². The maximum absolute atomic E-state index is 12.1. The van der Waals surface area contributed by atoms with Crippen LogP contribution in [0.5, 0.6) is 0 Å². The van der Waals surface area contributed by atoms with E-state index in [0.717, 1.165) is 25.8 Å². The first-order valence-electron chi connectivity index (χ1n) is 7.81. The van der Waals surface area contributed by atoms with Crippen LogP contribution in [0.25, 0.3) is 0 Å². The lowest BCUT2D eigenvalue weighted by molar-refractivity contribution is -0.128. The molecule has 1 rings (SSSR count). The number of carbonyl (C=O) groups is 1. The Morgan fingerprint density at radius 1 is 1.53 bits per heavy atom. The number of Topliss-reactive ketones (excluding diaryl/α,β-unsaturated/α-hetero) is 1. The Morgan fingerprint density at radius 3 is 2.94 bits per heavy atom. The highest BCUT2D eigenvalue weighted by molar-refractivity contribution is 5.85. The summed E-state index contributed by atoms with van der Waals surface area (Å²) in [4.78, 5) is 14.3. The van der Waals surface area contributed by atoms with Crippen molar-refractivity contribution in [2.75, 3.05) is 13.6 Å². The van der Waals surface area contributed by atoms with Crippen LogP contribution in [0, 0.1) is 11.8 Å². The standard InChI is InChI=1S/C15H27NO/c1-5-6-7-9-12(2)13(3)15-14(17)10-8-11-16(15)4/h6-7,12-13,15H,5,8-11H2,1-4H3/t12-,13?,15+/m1/s1/i1D2. The van der Waals surface area contributed by atoms with Crippen LogP contribution in [0.4, 0.5) is 0 Å². The molecule has 98 valence electrons. The smallest absolute Gasteiger partial charge is 0.150 e. The molecule has 0 N–H and O–H groups in total. The van der Waals surface area contributed by atoms with Gasteiger partial charge < -0.3 is 0 Å². The highest BCUT2D eigenvalue weighted by Crippen LogP contribution is 2.26. The van der Waals surface area contributed by atoms with E-state index >= 15 is 0 Å². The Balaban J connectivity index is 2.48. The van der Waals surface area contributed by atoms with E-state index in [1.165, 1.54) is 0 Å². The summed E-state index contributed by atoms with van der Waals surface area (Å²) in [5.41, 5.74) is 0. The van der Waals surface area contributed by atoms with E-state index in [0.29, 0.717) is 24.0 Å². The molecular formula is C15H27NO. The van der Waals surface area contributed by atoms with Crippen LogP contribution >= 0.6 is 0 Å². The van der Waals surface area contributed by atoms with Crippen LogP contribution in [0.15, 0.2) is 12.2 Å². The molecule has 0 spiro atoms. The number of likely N-dealkylation sites (tertiary alicyclic amines) is 1. The first-order chi connectivity index (χ1) is 8.93. The molecule has 1 saturated heterocycles. The third kappa shape index (κ3) is 3.95. The molecule has 0 aromatic rings. The van der Waals surface area contributed by atoms with Gasteiger partial charge >= 0.3 is 0 Å². The van der Waals surface area contributed by atoms with Crippen molar-refractivity contribution >= 4 is 5.78 Å². The van der Waals surface area contributed by atoms with E-state index in [4.69, 9.17) is 2.74 Å². The molecule has 1 unspecified atom stereocenters. The van der Waals surface area contributed by atoms with Crippen molar-refractivity contribution < 1.29 is 7.54 Å². The number of nitrogens with zero attached hydrogens (tertiary/aromatic N) is 1. The molecule has 2 heteroatoms. The normalized spacial score (nSPS) is 28.2. The Labute approximate surface area is 109 Å². The number of hydrogen-bond acceptors (Lipinski definition) is 2. The zero-order valence-electron chi connectivity index (χ0n) is 13.4. The average molecular weight is 239 g/mol. The molecule has 0 amide bonds. The Kier molecular flexibility index (Phi) is 4.68. The van der Waals surface area contributed by atoms with Crippen LogP contribution in [0.1, 0.15) is 49.1 Å². The molecule has 17 heavy (non-hydrogen) atoms. The van der Waals surface area contributed by atoms with Crippen LogP contribution in [-0.2, 0) is 4.79 Å². The second-order valence-corrected chi connectivity index (χ2v) is 5.27. The summed E-state index contributed by atoms with van der Waals surface area (Å²) >= 11 is 0. The fourth-order valence-electron chi connectivity index (χ4n) is 2.66. The van der Waals surface area contributed by atoms with E-state index in [9.17, 15) is 4.79 Å². The summed E-state index contributed by atoms with van der Waals surface area (Å²) in [6, 6.07) is 0.0669. The van der Waals surface area contributed by atoms with Gasteiger partial charge in [-0.05, 0) is 44.7 Å². The van der Waals surface area contributed by atoms with Crippen molar-refractivity contribution in [3.63, 3.8) is 0 Å². The molecule has 1 heterocycles. The maximum atomic E-state index is 12.1. The van der Waals surface area contributed by atoms with E-state index < -0.39 is 6.88 Å². The molecule has 0 aliphatic carbocycles. The first-order valence-corrected chi connectivity index (χ1v) is 6.66. The lowest BCUT2D eigenvalue weighted by Crippen LogP contribution is -2.48. The van der Waals surface area contributed by atoms with Crippen LogP contribution in [-0.4, -0.2) is 30.3 Å². The lowest BCUT2D eigenvalue weighted by atomic mass is 9.81. The van der Waals surface area contributed by atoms with Crippen molar-refractivity contribution in [3.05, 3.63) is 12.2 Å². The van der Waals surface area contributed by atoms with E-state index in [1.54, 1.807) is 0 Å². The predicted molar refractivity (Wildman–Crippen MR) is 73.0 cm³/mol. The molecule has 0 saturated carbocycles. The van der Waals surface area contributed by atoms with Gasteiger partial charge in [0.2, 0.25) is 0 Å². The fourth-order valence-corrected chi connectivity index (χ4v) is 2.66. The largest absolute Gasteiger partial charge is 0.298 e. The minimum atomic E-state index is -0.768. The monoisotopic (exact) mass is 239 g/mol. The van der Waals surface area contributed by atoms with Crippen molar-refractivity contribution in [2.45, 2.75) is 52.4 Å². The number of piperidine rings is 1. The van der Waals surface area contributed by atoms with E-state index in [2.05, 4.69) is 24.8 Å². The first kappa shape index (κ1) is 11.5. The summed E-state index contributed by atoms with van der Waals surface area (Å²) < 4.78 is 14.3. The number of carbonyl (C=O) groups excluding carboxylic acids is 1. The molecule has 1 fully saturated rings. The quantitative estimate of drug-likeness (QED) is 0.686. The summed E-state index contributed by atoms with van der Waals surface area (Å²) in [5.74, 6) is 1.18. The van der Waals surface area contributed by atoms with Gasteiger partial charge in [-0.3, -0.25) is 9.69 Å². The third-order valence-electron chi connectivity index (χ3n) is 3.94. The van der Waals surface area contributed by atoms with Crippen molar-refractivity contribution in [1.82, 2.24) is 4.90 Å². The third-order valence-corrected chi connectivity index (χ3v) is 3.94. The Morgan fingerprint density at radius 2 is 2.29 bits per heavy atom. The highest BCUT2D eigenvalue weighted by Gasteiger charge is 2.33. The summed E-state index contributed by atoms with van der Waals surface area (Å²) in [7, 11) is 2.05. The molecule has 1 aliphatic rings. The molecule has 0 aromatic heterocycles. The molecule has 0 bridgehead atoms. The lowest BCUT2D eigenvalue weighted by Gasteiger charge is -2.37. The zero-order valence-corrected chi connectivity index (χ0v) is 11.4. The van der Waals surface area contributed by atoms with Gasteiger partial charge in [0.05, 0.1) is 6.04 Å². The molecule has 1 aliphatic heterocycles. The molecule has 3 atom stereocenters. The number of hydrogen-bond donors (Lipinski definition) is 0. The van der Waals surface area contributed by atoms with E-state index in [-0.39, 0.29) is 6.04 Å². The number of rotatable bonds is 5. The second-order valence-electron chi connectivity index (χ2n) is 5.27. The Hall–Kier alpha value is -0.630. The summed E-state index contributed by atoms with van der Waals surface area (Å²) in [6.45, 7) is 4.60. The Bertz CT molecular complexity index is 317. The minimum Gasteiger partial charge on any atom is -0.298 e. The summed E-state index contributed by atoms with van der Waals surface area (Å²) in [5, 5.41) is 0. The van der Waals surface area contributed by atoms with Crippen molar-refractivity contribution in [1.29, 1.82) is 0 Å². The van der Waals surface area contributed by atoms with Crippen molar-refractivity contribution in [3.8, 4) is 0 Å². The molecule has 0 aromatic carbocycles. The number of allylic oxidation sites excluding steroid dienone is 2. The van der Waals surface area contributed by atoms with Crippen molar-refractivity contribution in [2.24, 2.45) is 11.8 Å². The average Bonchev–Trinajstić information content (AvgIpc) is 2.33. The van der Waals surface area contributed by atoms with Gasteiger partial charge in [0.1, 0.15) is 5.78 Å². The number of ketones is 1. The van der Waals surface area contributed by atoms with Gasteiger partial charge in [-0.15, -0.1) is 0 Å². The van der Waals surface area contributed by atoms with Gasteiger partial charge in [-0.2, -0.15) is 0 Å². The summed E-state index contributed by atoms with van der Waals surface area (Å²) in [6.07, 6.45) is 7.10. The predicted octanol–water partition coefficient (Wildman–Crippen LogP) is 3.28. The zero-order chi connectivity index (χ0) is 14.4. The second kappa shape index (κ2) is 6.95. The SMILES string of the molecule is [2H]C([2H])CC=CC[C@@H](C)C(C)[C@H]1C(=O)CCCN1C. The molecular weight excluding hydrogens is 210 g/mol. The highest BCUT2D eigenvalue weighted by atomic mass is 16.1. The topological polar surface area (TPSA) is 20.3 Å². The molecule has 2 nitrogen and oxygen atoms in total. The number of likely N-dealkylation sites (N-methyl/N-ethyl adjacent to an activating group) is 1. The van der Waals surface area contributed by atoms with Gasteiger partial charge in [0.25, 0.3) is 0 Å². The van der Waals surface area contributed by atoms with Crippen LogP contribution < -0.4 is 0 Å². The van der Waals surface area contributed by atoms with Crippen LogP contribution in [0.3, 0.4) is 0 Å². The van der Waals surface area contributed by atoms with Gasteiger partial charge in [-0.1, -0.05) is 32.9 Å². The van der Waals surface area contributed by atoms with E-state index in [1.807, 2.05) is 13.1 Å². The van der Waals surface area contributed by atoms with Gasteiger partial charge in [0, 0.05) is 9.16 Å². The fraction of sp³-hybridized carbons (Fsp3) is 0.800. The maximum Gasteiger partial charge on any atom is 0.150 e. The van der Waals surface area contributed by atoms with Gasteiger partial charge in [-0.25, -0.2) is 0 Å².